The molecular weight excluding hydrogens is 280 g/mol. The van der Waals surface area contributed by atoms with E-state index in [4.69, 9.17) is 0 Å². The van der Waals surface area contributed by atoms with Crippen molar-refractivity contribution < 1.29 is 4.79 Å². The Bertz CT molecular complexity index is 759. The molecule has 2 aromatic rings. The minimum Gasteiger partial charge on any atom is -0.331 e. The zero-order chi connectivity index (χ0) is 15.5. The van der Waals surface area contributed by atoms with Crippen LogP contribution in [0, 0.1) is 0 Å². The first kappa shape index (κ1) is 14.6. The van der Waals surface area contributed by atoms with Gasteiger partial charge in [0.15, 0.2) is 0 Å². The van der Waals surface area contributed by atoms with Crippen molar-refractivity contribution in [3.8, 4) is 0 Å². The van der Waals surface area contributed by atoms with Crippen molar-refractivity contribution in [1.29, 1.82) is 0 Å². The molecule has 0 bridgehead atoms. The van der Waals surface area contributed by atoms with Crippen molar-refractivity contribution in [3.05, 3.63) is 47.2 Å². The monoisotopic (exact) mass is 300 g/mol. The molecular formula is C16H20N4O2. The molecule has 0 saturated carbocycles. The number of aromatic nitrogens is 3. The van der Waals surface area contributed by atoms with E-state index in [0.29, 0.717) is 12.1 Å². The van der Waals surface area contributed by atoms with Crippen LogP contribution < -0.4 is 5.56 Å². The van der Waals surface area contributed by atoms with E-state index in [1.807, 2.05) is 11.0 Å². The standard InChI is InChI=1S/C16H20N4O2/c1-2-3-6-13-7-4-10-19(13)15(21)11-20-16(22)14-8-5-9-18(14)12-17-20/h4-5,7-9,12-13H,2-3,6,10-11H2,1H3/t13-/m1/s1. The number of unbranched alkanes of at least 4 members (excludes halogenated alkanes) is 1. The van der Waals surface area contributed by atoms with E-state index in [9.17, 15) is 9.59 Å². The highest BCUT2D eigenvalue weighted by atomic mass is 16.2. The summed E-state index contributed by atoms with van der Waals surface area (Å²) in [5.74, 6) is -0.0587. The fourth-order valence-corrected chi connectivity index (χ4v) is 2.83. The summed E-state index contributed by atoms with van der Waals surface area (Å²) in [5, 5.41) is 4.08. The maximum Gasteiger partial charge on any atom is 0.291 e. The minimum absolute atomic E-state index is 0.00911. The fraction of sp³-hybridized carbons (Fsp3) is 0.438. The van der Waals surface area contributed by atoms with Crippen LogP contribution in [0.3, 0.4) is 0 Å². The van der Waals surface area contributed by atoms with Gasteiger partial charge < -0.3 is 9.30 Å². The Hall–Kier alpha value is -2.37. The molecule has 22 heavy (non-hydrogen) atoms. The van der Waals surface area contributed by atoms with Crippen LogP contribution in [0.1, 0.15) is 26.2 Å². The maximum absolute atomic E-state index is 12.5. The lowest BCUT2D eigenvalue weighted by atomic mass is 10.1. The summed E-state index contributed by atoms with van der Waals surface area (Å²) in [4.78, 5) is 26.6. The summed E-state index contributed by atoms with van der Waals surface area (Å²) in [6, 6.07) is 3.67. The van der Waals surface area contributed by atoms with Crippen molar-refractivity contribution in [2.75, 3.05) is 6.54 Å². The summed E-state index contributed by atoms with van der Waals surface area (Å²) in [6.07, 6.45) is 10.6. The van der Waals surface area contributed by atoms with Crippen LogP contribution in [0.4, 0.5) is 0 Å². The van der Waals surface area contributed by atoms with Gasteiger partial charge in [0.05, 0.1) is 6.04 Å². The summed E-state index contributed by atoms with van der Waals surface area (Å²) >= 11 is 0. The van der Waals surface area contributed by atoms with E-state index < -0.39 is 0 Å². The van der Waals surface area contributed by atoms with Gasteiger partial charge in [0.2, 0.25) is 5.91 Å². The lowest BCUT2D eigenvalue weighted by molar-refractivity contribution is -0.132. The molecule has 3 rings (SSSR count). The Kier molecular flexibility index (Phi) is 4.09. The van der Waals surface area contributed by atoms with E-state index in [1.165, 1.54) is 4.68 Å². The predicted octanol–water partition coefficient (Wildman–Crippen LogP) is 1.45. The zero-order valence-corrected chi connectivity index (χ0v) is 12.7. The van der Waals surface area contributed by atoms with Crippen LogP contribution in [0.15, 0.2) is 41.6 Å². The SMILES string of the molecule is CCCC[C@@H]1C=CCN1C(=O)Cn1ncn2cccc2c1=O. The zero-order valence-electron chi connectivity index (χ0n) is 12.7. The third kappa shape index (κ3) is 2.68. The van der Waals surface area contributed by atoms with Gasteiger partial charge in [-0.05, 0) is 18.6 Å². The van der Waals surface area contributed by atoms with Crippen molar-refractivity contribution in [2.45, 2.75) is 38.8 Å². The fourth-order valence-electron chi connectivity index (χ4n) is 2.83. The van der Waals surface area contributed by atoms with Crippen LogP contribution in [0.25, 0.3) is 5.52 Å². The smallest absolute Gasteiger partial charge is 0.291 e. The van der Waals surface area contributed by atoms with Gasteiger partial charge in [-0.15, -0.1) is 0 Å². The summed E-state index contributed by atoms with van der Waals surface area (Å²) in [6.45, 7) is 2.75. The molecule has 0 saturated heterocycles. The third-order valence-electron chi connectivity index (χ3n) is 4.07. The van der Waals surface area contributed by atoms with E-state index in [2.05, 4.69) is 18.1 Å². The molecule has 0 spiro atoms. The lowest BCUT2D eigenvalue weighted by Crippen LogP contribution is -2.40. The first-order chi connectivity index (χ1) is 10.7. The average molecular weight is 300 g/mol. The van der Waals surface area contributed by atoms with Crippen molar-refractivity contribution in [1.82, 2.24) is 19.1 Å². The molecule has 3 heterocycles. The number of carbonyl (C=O) groups is 1. The van der Waals surface area contributed by atoms with Gasteiger partial charge in [-0.25, -0.2) is 4.68 Å². The molecule has 1 aliphatic rings. The van der Waals surface area contributed by atoms with Gasteiger partial charge in [-0.2, -0.15) is 5.10 Å². The second-order valence-electron chi connectivity index (χ2n) is 5.58. The molecule has 0 radical (unpaired) electrons. The highest BCUT2D eigenvalue weighted by molar-refractivity contribution is 5.77. The number of hydrogen-bond donors (Lipinski definition) is 0. The van der Waals surface area contributed by atoms with Gasteiger partial charge in [-0.3, -0.25) is 9.59 Å². The second kappa shape index (κ2) is 6.17. The highest BCUT2D eigenvalue weighted by Crippen LogP contribution is 2.16. The van der Waals surface area contributed by atoms with E-state index in [-0.39, 0.29) is 24.1 Å². The summed E-state index contributed by atoms with van der Waals surface area (Å²) < 4.78 is 2.90. The molecule has 0 unspecified atom stereocenters. The average Bonchev–Trinajstić information content (AvgIpc) is 3.16. The molecule has 1 aliphatic heterocycles. The van der Waals surface area contributed by atoms with Crippen molar-refractivity contribution >= 4 is 11.4 Å². The molecule has 0 fully saturated rings. The quantitative estimate of drug-likeness (QED) is 0.785. The van der Waals surface area contributed by atoms with E-state index in [0.717, 1.165) is 19.3 Å². The molecule has 6 heteroatoms. The Morgan fingerprint density at radius 1 is 1.45 bits per heavy atom. The largest absolute Gasteiger partial charge is 0.331 e. The van der Waals surface area contributed by atoms with Crippen LogP contribution in [0.5, 0.6) is 0 Å². The topological polar surface area (TPSA) is 59.6 Å². The Labute approximate surface area is 128 Å². The molecule has 6 nitrogen and oxygen atoms in total. The molecule has 1 amide bonds. The van der Waals surface area contributed by atoms with Crippen LogP contribution >= 0.6 is 0 Å². The van der Waals surface area contributed by atoms with Gasteiger partial charge in [0.25, 0.3) is 5.56 Å². The van der Waals surface area contributed by atoms with Crippen molar-refractivity contribution in [3.63, 3.8) is 0 Å². The lowest BCUT2D eigenvalue weighted by Gasteiger charge is -2.24. The first-order valence-electron chi connectivity index (χ1n) is 7.69. The number of fused-ring (bicyclic) bond motifs is 1. The third-order valence-corrected chi connectivity index (χ3v) is 4.07. The van der Waals surface area contributed by atoms with Crippen LogP contribution in [-0.2, 0) is 11.3 Å². The molecule has 0 N–H and O–H groups in total. The minimum atomic E-state index is -0.238. The maximum atomic E-state index is 12.5. The Balaban J connectivity index is 1.75. The van der Waals surface area contributed by atoms with Gasteiger partial charge in [0.1, 0.15) is 18.4 Å². The number of carbonyl (C=O) groups excluding carboxylic acids is 1. The molecule has 116 valence electrons. The van der Waals surface area contributed by atoms with E-state index in [1.54, 1.807) is 29.1 Å². The molecule has 2 aromatic heterocycles. The summed E-state index contributed by atoms with van der Waals surface area (Å²) in [7, 11) is 0. The molecule has 0 aliphatic carbocycles. The summed E-state index contributed by atoms with van der Waals surface area (Å²) in [5.41, 5.74) is 0.294. The molecule has 1 atom stereocenters. The normalized spacial score (nSPS) is 17.5. The Morgan fingerprint density at radius 2 is 2.32 bits per heavy atom. The second-order valence-corrected chi connectivity index (χ2v) is 5.58. The number of rotatable bonds is 5. The van der Waals surface area contributed by atoms with Gasteiger partial charge >= 0.3 is 0 Å². The highest BCUT2D eigenvalue weighted by Gasteiger charge is 2.24. The van der Waals surface area contributed by atoms with Crippen LogP contribution in [-0.4, -0.2) is 37.6 Å². The predicted molar refractivity (Wildman–Crippen MR) is 83.6 cm³/mol. The van der Waals surface area contributed by atoms with Gasteiger partial charge in [-0.1, -0.05) is 31.9 Å². The number of hydrogen-bond acceptors (Lipinski definition) is 3. The number of amides is 1. The van der Waals surface area contributed by atoms with E-state index >= 15 is 0 Å². The van der Waals surface area contributed by atoms with Crippen molar-refractivity contribution in [2.24, 2.45) is 0 Å². The van der Waals surface area contributed by atoms with Crippen LogP contribution in [0.2, 0.25) is 0 Å². The first-order valence-corrected chi connectivity index (χ1v) is 7.69. The number of nitrogens with zero attached hydrogens (tertiary/aromatic N) is 4. The molecule has 0 aromatic carbocycles. The van der Waals surface area contributed by atoms with Gasteiger partial charge in [0, 0.05) is 12.7 Å². The Morgan fingerprint density at radius 3 is 3.14 bits per heavy atom.